The average molecular weight is 429 g/mol. The van der Waals surface area contributed by atoms with Gasteiger partial charge in [-0.25, -0.2) is 0 Å². The third kappa shape index (κ3) is 3.22. The van der Waals surface area contributed by atoms with Crippen molar-refractivity contribution in [1.82, 2.24) is 0 Å². The molecule has 0 fully saturated rings. The minimum absolute atomic E-state index is 0.228. The molecule has 0 saturated heterocycles. The van der Waals surface area contributed by atoms with E-state index in [2.05, 4.69) is 123 Å². The standard InChI is InChI=1S/C26H20S3/c1-26(19-9-7-18(8-10-19)17-5-3-2-4-6-17)22-13-11-20(27)15-24(22)29-25-16-21(28)12-14-23(25)26/h2-16,27-28H,1H3. The molecule has 0 amide bonds. The minimum atomic E-state index is -0.228. The van der Waals surface area contributed by atoms with E-state index in [1.165, 1.54) is 37.6 Å². The van der Waals surface area contributed by atoms with Crippen LogP contribution in [-0.2, 0) is 5.41 Å². The van der Waals surface area contributed by atoms with Crippen molar-refractivity contribution in [3.63, 3.8) is 0 Å². The van der Waals surface area contributed by atoms with E-state index in [0.717, 1.165) is 9.79 Å². The second kappa shape index (κ2) is 7.32. The van der Waals surface area contributed by atoms with Crippen molar-refractivity contribution in [3.05, 3.63) is 108 Å². The molecular weight excluding hydrogens is 408 g/mol. The number of fused-ring (bicyclic) bond motifs is 2. The summed E-state index contributed by atoms with van der Waals surface area (Å²) in [5.41, 5.74) is 6.19. The molecule has 4 aromatic rings. The molecule has 4 aromatic carbocycles. The van der Waals surface area contributed by atoms with E-state index in [1.54, 1.807) is 0 Å². The highest BCUT2D eigenvalue weighted by atomic mass is 32.2. The van der Waals surface area contributed by atoms with Crippen LogP contribution in [0.1, 0.15) is 23.6 Å². The van der Waals surface area contributed by atoms with Crippen LogP contribution in [0.2, 0.25) is 0 Å². The molecule has 0 saturated carbocycles. The highest BCUT2D eigenvalue weighted by Gasteiger charge is 2.38. The SMILES string of the molecule is CC1(c2ccc(-c3ccccc3)cc2)c2ccc(S)cc2Sc2cc(S)ccc21. The van der Waals surface area contributed by atoms with Gasteiger partial charge in [0, 0.05) is 25.0 Å². The molecular formula is C26H20S3. The van der Waals surface area contributed by atoms with Gasteiger partial charge >= 0.3 is 0 Å². The summed E-state index contributed by atoms with van der Waals surface area (Å²) in [6, 6.07) is 32.5. The maximum atomic E-state index is 4.58. The molecule has 0 spiro atoms. The third-order valence-corrected chi connectivity index (χ3v) is 7.47. The van der Waals surface area contributed by atoms with E-state index in [0.29, 0.717) is 0 Å². The second-order valence-electron chi connectivity index (χ2n) is 7.53. The summed E-state index contributed by atoms with van der Waals surface area (Å²) < 4.78 is 0. The highest BCUT2D eigenvalue weighted by molar-refractivity contribution is 7.99. The van der Waals surface area contributed by atoms with Crippen molar-refractivity contribution >= 4 is 37.0 Å². The molecule has 0 atom stereocenters. The zero-order chi connectivity index (χ0) is 20.0. The zero-order valence-electron chi connectivity index (χ0n) is 16.0. The highest BCUT2D eigenvalue weighted by Crippen LogP contribution is 2.53. The lowest BCUT2D eigenvalue weighted by atomic mass is 9.70. The van der Waals surface area contributed by atoms with Crippen LogP contribution in [0.5, 0.6) is 0 Å². The molecule has 0 N–H and O–H groups in total. The smallest absolute Gasteiger partial charge is 0.0445 e. The summed E-state index contributed by atoms with van der Waals surface area (Å²) in [6.07, 6.45) is 0. The molecule has 1 aliphatic heterocycles. The Kier molecular flexibility index (Phi) is 4.78. The quantitative estimate of drug-likeness (QED) is 0.308. The monoisotopic (exact) mass is 428 g/mol. The van der Waals surface area contributed by atoms with Crippen LogP contribution in [0, 0.1) is 0 Å². The van der Waals surface area contributed by atoms with Gasteiger partial charge in [-0.2, -0.15) is 0 Å². The molecule has 0 unspecified atom stereocenters. The van der Waals surface area contributed by atoms with Gasteiger partial charge in [-0.15, -0.1) is 25.3 Å². The topological polar surface area (TPSA) is 0 Å². The fourth-order valence-corrected chi connectivity index (χ4v) is 6.17. The zero-order valence-corrected chi connectivity index (χ0v) is 18.6. The number of thiol groups is 2. The van der Waals surface area contributed by atoms with Crippen LogP contribution in [0.4, 0.5) is 0 Å². The average Bonchev–Trinajstić information content (AvgIpc) is 2.74. The van der Waals surface area contributed by atoms with E-state index < -0.39 is 0 Å². The van der Waals surface area contributed by atoms with Gasteiger partial charge in [0.15, 0.2) is 0 Å². The van der Waals surface area contributed by atoms with Crippen molar-refractivity contribution in [1.29, 1.82) is 0 Å². The van der Waals surface area contributed by atoms with Crippen molar-refractivity contribution in [2.45, 2.75) is 31.9 Å². The second-order valence-corrected chi connectivity index (χ2v) is 9.65. The fourth-order valence-electron chi connectivity index (χ4n) is 4.22. The summed E-state index contributed by atoms with van der Waals surface area (Å²) in [5.74, 6) is 0. The van der Waals surface area contributed by atoms with Gasteiger partial charge < -0.3 is 0 Å². The van der Waals surface area contributed by atoms with Gasteiger partial charge in [-0.3, -0.25) is 0 Å². The van der Waals surface area contributed by atoms with Crippen molar-refractivity contribution < 1.29 is 0 Å². The van der Waals surface area contributed by atoms with Crippen LogP contribution in [0.25, 0.3) is 11.1 Å². The van der Waals surface area contributed by atoms with E-state index in [-0.39, 0.29) is 5.41 Å². The summed E-state index contributed by atoms with van der Waals surface area (Å²) in [5, 5.41) is 0. The molecule has 0 bridgehead atoms. The van der Waals surface area contributed by atoms with Crippen LogP contribution in [-0.4, -0.2) is 0 Å². The Morgan fingerprint density at radius 1 is 0.621 bits per heavy atom. The van der Waals surface area contributed by atoms with Crippen molar-refractivity contribution in [2.75, 3.05) is 0 Å². The predicted molar refractivity (Wildman–Crippen MR) is 129 cm³/mol. The molecule has 29 heavy (non-hydrogen) atoms. The van der Waals surface area contributed by atoms with Crippen molar-refractivity contribution in [2.24, 2.45) is 0 Å². The van der Waals surface area contributed by atoms with Crippen LogP contribution in [0.3, 0.4) is 0 Å². The Hall–Kier alpha value is -2.07. The molecule has 0 aromatic heterocycles. The lowest BCUT2D eigenvalue weighted by Crippen LogP contribution is -2.29. The number of hydrogen-bond donors (Lipinski definition) is 2. The van der Waals surface area contributed by atoms with Gasteiger partial charge in [0.05, 0.1) is 0 Å². The first-order valence-electron chi connectivity index (χ1n) is 9.56. The maximum Gasteiger partial charge on any atom is 0.0445 e. The van der Waals surface area contributed by atoms with Crippen LogP contribution < -0.4 is 0 Å². The van der Waals surface area contributed by atoms with E-state index in [1.807, 2.05) is 11.8 Å². The Labute approximate surface area is 187 Å². The number of rotatable bonds is 2. The summed E-state index contributed by atoms with van der Waals surface area (Å²) in [7, 11) is 0. The van der Waals surface area contributed by atoms with Crippen LogP contribution in [0.15, 0.2) is 111 Å². The van der Waals surface area contributed by atoms with Gasteiger partial charge in [-0.1, -0.05) is 78.5 Å². The number of benzene rings is 4. The van der Waals surface area contributed by atoms with E-state index in [9.17, 15) is 0 Å². The van der Waals surface area contributed by atoms with E-state index in [4.69, 9.17) is 0 Å². The first kappa shape index (κ1) is 18.9. The summed E-state index contributed by atoms with van der Waals surface area (Å²) in [6.45, 7) is 2.33. The molecule has 1 aliphatic rings. The molecule has 0 radical (unpaired) electrons. The fraction of sp³-hybridized carbons (Fsp3) is 0.0769. The molecule has 5 rings (SSSR count). The van der Waals surface area contributed by atoms with Gasteiger partial charge in [0.25, 0.3) is 0 Å². The molecule has 0 nitrogen and oxygen atoms in total. The predicted octanol–water partition coefficient (Wildman–Crippen LogP) is 7.75. The maximum absolute atomic E-state index is 4.58. The normalized spacial score (nSPS) is 14.2. The Balaban J connectivity index is 1.69. The van der Waals surface area contributed by atoms with Crippen molar-refractivity contribution in [3.8, 4) is 11.1 Å². The Morgan fingerprint density at radius 2 is 1.14 bits per heavy atom. The van der Waals surface area contributed by atoms with Gasteiger partial charge in [0.2, 0.25) is 0 Å². The van der Waals surface area contributed by atoms with Gasteiger partial charge in [-0.05, 0) is 59.0 Å². The first-order valence-corrected chi connectivity index (χ1v) is 11.3. The van der Waals surface area contributed by atoms with Crippen LogP contribution >= 0.6 is 37.0 Å². The van der Waals surface area contributed by atoms with E-state index >= 15 is 0 Å². The third-order valence-electron chi connectivity index (χ3n) is 5.80. The Morgan fingerprint density at radius 3 is 1.69 bits per heavy atom. The number of hydrogen-bond acceptors (Lipinski definition) is 3. The summed E-state index contributed by atoms with van der Waals surface area (Å²) >= 11 is 11.0. The lowest BCUT2D eigenvalue weighted by Gasteiger charge is -2.38. The molecule has 0 aliphatic carbocycles. The first-order chi connectivity index (χ1) is 14.1. The largest absolute Gasteiger partial charge is 0.143 e. The lowest BCUT2D eigenvalue weighted by molar-refractivity contribution is 0.652. The molecule has 1 heterocycles. The molecule has 3 heteroatoms. The summed E-state index contributed by atoms with van der Waals surface area (Å²) in [4.78, 5) is 4.50. The molecule has 142 valence electrons. The van der Waals surface area contributed by atoms with Gasteiger partial charge in [0.1, 0.15) is 0 Å². The Bertz CT molecular complexity index is 1140. The minimum Gasteiger partial charge on any atom is -0.143 e.